The molecule has 0 unspecified atom stereocenters. The number of anilines is 1. The molecule has 1 saturated heterocycles. The van der Waals surface area contributed by atoms with Gasteiger partial charge in [0.1, 0.15) is 0 Å². The molecule has 0 aromatic heterocycles. The summed E-state index contributed by atoms with van der Waals surface area (Å²) in [6.07, 6.45) is 3.74. The summed E-state index contributed by atoms with van der Waals surface area (Å²) in [5.41, 5.74) is 3.29. The molecule has 2 aromatic rings. The number of amides is 2. The molecule has 0 saturated carbocycles. The van der Waals surface area contributed by atoms with Crippen molar-refractivity contribution in [3.05, 3.63) is 58.0 Å². The van der Waals surface area contributed by atoms with Crippen molar-refractivity contribution >= 4 is 34.7 Å². The molecule has 0 atom stereocenters. The second-order valence-corrected chi connectivity index (χ2v) is 7.91. The lowest BCUT2D eigenvalue weighted by Gasteiger charge is -2.16. The van der Waals surface area contributed by atoms with Crippen LogP contribution in [0.4, 0.5) is 10.5 Å². The average Bonchev–Trinajstić information content (AvgIpc) is 2.98. The van der Waals surface area contributed by atoms with Crippen LogP contribution in [0.1, 0.15) is 36.5 Å². The minimum atomic E-state index is -0.309. The molecule has 0 N–H and O–H groups in total. The molecule has 2 amide bonds. The topological polar surface area (TPSA) is 55.8 Å². The van der Waals surface area contributed by atoms with E-state index in [-0.39, 0.29) is 11.1 Å². The molecule has 2 aromatic carbocycles. The highest BCUT2D eigenvalue weighted by Gasteiger charge is 2.37. The Kier molecular flexibility index (Phi) is 6.64. The van der Waals surface area contributed by atoms with E-state index in [1.165, 1.54) is 4.90 Å². The van der Waals surface area contributed by atoms with Crippen molar-refractivity contribution in [3.8, 4) is 11.5 Å². The molecule has 29 heavy (non-hydrogen) atoms. The average molecular weight is 412 g/mol. The van der Waals surface area contributed by atoms with Gasteiger partial charge in [0.2, 0.25) is 0 Å². The zero-order valence-electron chi connectivity index (χ0n) is 17.2. The van der Waals surface area contributed by atoms with Crippen LogP contribution in [0.25, 0.3) is 6.08 Å². The van der Waals surface area contributed by atoms with Gasteiger partial charge in [0.25, 0.3) is 11.1 Å². The Hall–Kier alpha value is -2.73. The molecule has 0 bridgehead atoms. The third-order valence-electron chi connectivity index (χ3n) is 4.64. The number of thioether (sulfide) groups is 1. The van der Waals surface area contributed by atoms with E-state index in [1.807, 2.05) is 50.2 Å². The van der Waals surface area contributed by atoms with E-state index in [4.69, 9.17) is 9.47 Å². The first-order valence-corrected chi connectivity index (χ1v) is 10.4. The third-order valence-corrected chi connectivity index (χ3v) is 5.51. The van der Waals surface area contributed by atoms with Crippen LogP contribution in [0.2, 0.25) is 0 Å². The summed E-state index contributed by atoms with van der Waals surface area (Å²) in [4.78, 5) is 27.1. The predicted octanol–water partition coefficient (Wildman–Crippen LogP) is 5.73. The minimum absolute atomic E-state index is 0.290. The number of rotatable bonds is 7. The fraction of sp³-hybridized carbons (Fsp3) is 0.304. The van der Waals surface area contributed by atoms with E-state index in [2.05, 4.69) is 6.92 Å². The van der Waals surface area contributed by atoms with Gasteiger partial charge in [0.15, 0.2) is 11.5 Å². The summed E-state index contributed by atoms with van der Waals surface area (Å²) in [7, 11) is 1.58. The van der Waals surface area contributed by atoms with Crippen LogP contribution in [0.5, 0.6) is 11.5 Å². The Morgan fingerprint density at radius 1 is 1.07 bits per heavy atom. The molecule has 1 aliphatic rings. The van der Waals surface area contributed by atoms with Gasteiger partial charge < -0.3 is 9.47 Å². The second-order valence-electron chi connectivity index (χ2n) is 6.92. The van der Waals surface area contributed by atoms with E-state index in [0.29, 0.717) is 28.7 Å². The third kappa shape index (κ3) is 4.65. The molecule has 5 nitrogen and oxygen atoms in total. The molecule has 6 heteroatoms. The zero-order valence-corrected chi connectivity index (χ0v) is 18.0. The summed E-state index contributed by atoms with van der Waals surface area (Å²) in [6.45, 7) is 6.56. The molecule has 0 aliphatic carbocycles. The molecular weight excluding hydrogens is 386 g/mol. The molecule has 0 spiro atoms. The van der Waals surface area contributed by atoms with Gasteiger partial charge in [-0.3, -0.25) is 9.59 Å². The van der Waals surface area contributed by atoms with Crippen LogP contribution in [-0.4, -0.2) is 24.9 Å². The highest BCUT2D eigenvalue weighted by atomic mass is 32.2. The van der Waals surface area contributed by atoms with Crippen molar-refractivity contribution in [2.75, 3.05) is 18.6 Å². The first-order chi connectivity index (χ1) is 13.9. The largest absolute Gasteiger partial charge is 0.493 e. The van der Waals surface area contributed by atoms with Gasteiger partial charge in [-0.05, 0) is 73.0 Å². The standard InChI is InChI=1S/C23H25NO4S/c1-5-6-11-28-19-10-9-17(13-20(19)27-4)14-21-22(25)24(23(26)29-21)18-12-15(2)7-8-16(18)3/h7-10,12-14H,5-6,11H2,1-4H3/b21-14-. The summed E-state index contributed by atoms with van der Waals surface area (Å²) in [5.74, 6) is 0.959. The van der Waals surface area contributed by atoms with Gasteiger partial charge >= 0.3 is 0 Å². The van der Waals surface area contributed by atoms with Crippen molar-refractivity contribution < 1.29 is 19.1 Å². The van der Waals surface area contributed by atoms with E-state index in [1.54, 1.807) is 13.2 Å². The Labute approximate surface area is 175 Å². The fourth-order valence-electron chi connectivity index (χ4n) is 3.01. The van der Waals surface area contributed by atoms with Crippen LogP contribution in [-0.2, 0) is 4.79 Å². The number of benzene rings is 2. The van der Waals surface area contributed by atoms with E-state index >= 15 is 0 Å². The monoisotopic (exact) mass is 411 g/mol. The van der Waals surface area contributed by atoms with Crippen molar-refractivity contribution in [1.29, 1.82) is 0 Å². The number of carbonyl (C=O) groups excluding carboxylic acids is 2. The molecule has 152 valence electrons. The number of unbranched alkanes of at least 4 members (excludes halogenated alkanes) is 1. The smallest absolute Gasteiger partial charge is 0.298 e. The zero-order chi connectivity index (χ0) is 21.0. The number of nitrogens with zero attached hydrogens (tertiary/aromatic N) is 1. The summed E-state index contributed by atoms with van der Waals surface area (Å²) in [5, 5.41) is -0.290. The maximum atomic E-state index is 12.9. The van der Waals surface area contributed by atoms with Crippen LogP contribution in [0, 0.1) is 13.8 Å². The van der Waals surface area contributed by atoms with Gasteiger partial charge in [0.05, 0.1) is 24.3 Å². The van der Waals surface area contributed by atoms with Crippen molar-refractivity contribution in [2.24, 2.45) is 0 Å². The van der Waals surface area contributed by atoms with Gasteiger partial charge in [-0.2, -0.15) is 0 Å². The second kappa shape index (κ2) is 9.18. The lowest BCUT2D eigenvalue weighted by atomic mass is 10.1. The summed E-state index contributed by atoms with van der Waals surface area (Å²) in [6, 6.07) is 11.2. The van der Waals surface area contributed by atoms with Crippen molar-refractivity contribution in [3.63, 3.8) is 0 Å². The number of ether oxygens (including phenoxy) is 2. The van der Waals surface area contributed by atoms with Gasteiger partial charge in [0, 0.05) is 0 Å². The predicted molar refractivity (Wildman–Crippen MR) is 118 cm³/mol. The van der Waals surface area contributed by atoms with Crippen LogP contribution < -0.4 is 14.4 Å². The first-order valence-electron chi connectivity index (χ1n) is 9.60. The maximum absolute atomic E-state index is 12.9. The maximum Gasteiger partial charge on any atom is 0.298 e. The molecule has 3 rings (SSSR count). The van der Waals surface area contributed by atoms with Crippen molar-refractivity contribution in [2.45, 2.75) is 33.6 Å². The SMILES string of the molecule is CCCCOc1ccc(/C=C2\SC(=O)N(c3cc(C)ccc3C)C2=O)cc1OC. The minimum Gasteiger partial charge on any atom is -0.493 e. The number of hydrogen-bond acceptors (Lipinski definition) is 5. The van der Waals surface area contributed by atoms with Crippen molar-refractivity contribution in [1.82, 2.24) is 0 Å². The Balaban J connectivity index is 1.86. The Morgan fingerprint density at radius 2 is 1.86 bits per heavy atom. The van der Waals surface area contributed by atoms with Crippen LogP contribution >= 0.6 is 11.8 Å². The Bertz CT molecular complexity index is 967. The lowest BCUT2D eigenvalue weighted by Crippen LogP contribution is -2.28. The summed E-state index contributed by atoms with van der Waals surface area (Å²) >= 11 is 0.947. The molecule has 1 heterocycles. The molecule has 1 aliphatic heterocycles. The van der Waals surface area contributed by atoms with E-state index < -0.39 is 0 Å². The van der Waals surface area contributed by atoms with Gasteiger partial charge in [-0.15, -0.1) is 0 Å². The Morgan fingerprint density at radius 3 is 2.59 bits per heavy atom. The molecule has 1 fully saturated rings. The molecule has 0 radical (unpaired) electrons. The van der Waals surface area contributed by atoms with E-state index in [0.717, 1.165) is 41.3 Å². The number of aryl methyl sites for hydroxylation is 2. The van der Waals surface area contributed by atoms with Crippen LogP contribution in [0.3, 0.4) is 0 Å². The highest BCUT2D eigenvalue weighted by Crippen LogP contribution is 2.38. The number of carbonyl (C=O) groups is 2. The summed E-state index contributed by atoms with van der Waals surface area (Å²) < 4.78 is 11.2. The highest BCUT2D eigenvalue weighted by molar-refractivity contribution is 8.19. The number of imide groups is 1. The first kappa shape index (κ1) is 21.0. The number of methoxy groups -OCH3 is 1. The normalized spacial score (nSPS) is 15.3. The van der Waals surface area contributed by atoms with Gasteiger partial charge in [-0.1, -0.05) is 31.5 Å². The number of hydrogen-bond donors (Lipinski definition) is 0. The van der Waals surface area contributed by atoms with Gasteiger partial charge in [-0.25, -0.2) is 4.90 Å². The fourth-order valence-corrected chi connectivity index (χ4v) is 3.84. The quantitative estimate of drug-likeness (QED) is 0.430. The molecular formula is C23H25NO4S. The van der Waals surface area contributed by atoms with E-state index in [9.17, 15) is 9.59 Å². The van der Waals surface area contributed by atoms with Crippen LogP contribution in [0.15, 0.2) is 41.3 Å². The lowest BCUT2D eigenvalue weighted by molar-refractivity contribution is -0.113.